The van der Waals surface area contributed by atoms with Gasteiger partial charge in [0.15, 0.2) is 0 Å². The molecule has 0 saturated heterocycles. The van der Waals surface area contributed by atoms with Crippen LogP contribution in [-0.2, 0) is 9.47 Å². The topological polar surface area (TPSA) is 30.5 Å². The second kappa shape index (κ2) is 8.23. The molecular formula is C16H33NO2. The van der Waals surface area contributed by atoms with Gasteiger partial charge >= 0.3 is 0 Å². The Morgan fingerprint density at radius 2 is 1.74 bits per heavy atom. The Morgan fingerprint density at radius 1 is 1.11 bits per heavy atom. The minimum Gasteiger partial charge on any atom is -0.376 e. The number of ether oxygens (including phenoxy) is 2. The second-order valence-electron chi connectivity index (χ2n) is 6.67. The fourth-order valence-corrected chi connectivity index (χ4v) is 2.59. The summed E-state index contributed by atoms with van der Waals surface area (Å²) < 4.78 is 11.8. The molecule has 0 aromatic carbocycles. The summed E-state index contributed by atoms with van der Waals surface area (Å²) in [6.07, 6.45) is 5.21. The van der Waals surface area contributed by atoms with Crippen LogP contribution < -0.4 is 5.32 Å². The number of hydrogen-bond donors (Lipinski definition) is 1. The third-order valence-corrected chi connectivity index (χ3v) is 3.96. The molecule has 0 aliphatic heterocycles. The molecule has 1 N–H and O–H groups in total. The summed E-state index contributed by atoms with van der Waals surface area (Å²) >= 11 is 0. The second-order valence-corrected chi connectivity index (χ2v) is 6.67. The van der Waals surface area contributed by atoms with E-state index in [4.69, 9.17) is 9.47 Å². The van der Waals surface area contributed by atoms with Crippen molar-refractivity contribution in [1.82, 2.24) is 5.32 Å². The van der Waals surface area contributed by atoms with E-state index in [1.807, 2.05) is 0 Å². The molecule has 3 nitrogen and oxygen atoms in total. The van der Waals surface area contributed by atoms with Gasteiger partial charge in [-0.1, -0.05) is 20.8 Å². The van der Waals surface area contributed by atoms with E-state index in [1.165, 1.54) is 25.7 Å². The largest absolute Gasteiger partial charge is 0.376 e. The molecule has 1 fully saturated rings. The summed E-state index contributed by atoms with van der Waals surface area (Å²) in [6.45, 7) is 13.3. The van der Waals surface area contributed by atoms with E-state index >= 15 is 0 Å². The van der Waals surface area contributed by atoms with E-state index in [2.05, 4.69) is 39.9 Å². The average Bonchev–Trinajstić information content (AvgIpc) is 2.35. The number of hydrogen-bond acceptors (Lipinski definition) is 3. The minimum atomic E-state index is 0.0388. The van der Waals surface area contributed by atoms with E-state index < -0.39 is 0 Å². The molecular weight excluding hydrogens is 238 g/mol. The molecule has 0 aromatic heterocycles. The molecule has 0 heterocycles. The van der Waals surface area contributed by atoms with Gasteiger partial charge in [-0.3, -0.25) is 0 Å². The summed E-state index contributed by atoms with van der Waals surface area (Å²) in [4.78, 5) is 0. The van der Waals surface area contributed by atoms with Crippen LogP contribution in [0, 0.1) is 5.92 Å². The fourth-order valence-electron chi connectivity index (χ4n) is 2.59. The Hall–Kier alpha value is -0.120. The predicted molar refractivity (Wildman–Crippen MR) is 80.5 cm³/mol. The normalized spacial score (nSPS) is 28.3. The first kappa shape index (κ1) is 16.9. The fraction of sp³-hybridized carbons (Fsp3) is 1.00. The van der Waals surface area contributed by atoms with Gasteiger partial charge in [-0.05, 0) is 45.4 Å². The molecule has 1 aliphatic rings. The van der Waals surface area contributed by atoms with Gasteiger partial charge in [0.2, 0.25) is 0 Å². The monoisotopic (exact) mass is 271 g/mol. The van der Waals surface area contributed by atoms with Crippen molar-refractivity contribution in [2.75, 3.05) is 19.8 Å². The van der Waals surface area contributed by atoms with Gasteiger partial charge in [0.1, 0.15) is 0 Å². The van der Waals surface area contributed by atoms with Crippen molar-refractivity contribution in [2.24, 2.45) is 5.92 Å². The van der Waals surface area contributed by atoms with E-state index in [1.54, 1.807) is 0 Å². The number of nitrogens with one attached hydrogen (secondary N) is 1. The third-order valence-electron chi connectivity index (χ3n) is 3.96. The Morgan fingerprint density at radius 3 is 2.26 bits per heavy atom. The van der Waals surface area contributed by atoms with Crippen LogP contribution in [0.15, 0.2) is 0 Å². The van der Waals surface area contributed by atoms with E-state index in [-0.39, 0.29) is 5.60 Å². The molecule has 0 spiro atoms. The molecule has 1 rings (SSSR count). The van der Waals surface area contributed by atoms with Gasteiger partial charge in [0, 0.05) is 12.6 Å². The highest BCUT2D eigenvalue weighted by molar-refractivity contribution is 4.89. The SMILES string of the molecule is CC1CCC(CNC(C)C)(OCCOC(C)C)CC1. The highest BCUT2D eigenvalue weighted by atomic mass is 16.5. The molecule has 1 saturated carbocycles. The summed E-state index contributed by atoms with van der Waals surface area (Å²) in [7, 11) is 0. The van der Waals surface area contributed by atoms with Crippen molar-refractivity contribution in [3.63, 3.8) is 0 Å². The summed E-state index contributed by atoms with van der Waals surface area (Å²) in [5, 5.41) is 3.55. The van der Waals surface area contributed by atoms with Gasteiger partial charge in [-0.2, -0.15) is 0 Å². The Labute approximate surface area is 119 Å². The molecule has 1 aliphatic carbocycles. The lowest BCUT2D eigenvalue weighted by molar-refractivity contribution is -0.0972. The van der Waals surface area contributed by atoms with Gasteiger partial charge in [-0.15, -0.1) is 0 Å². The van der Waals surface area contributed by atoms with Crippen molar-refractivity contribution < 1.29 is 9.47 Å². The minimum absolute atomic E-state index is 0.0388. The zero-order chi connectivity index (χ0) is 14.3. The Balaban J connectivity index is 2.40. The van der Waals surface area contributed by atoms with Gasteiger partial charge in [0.25, 0.3) is 0 Å². The maximum atomic E-state index is 6.23. The van der Waals surface area contributed by atoms with Crippen LogP contribution >= 0.6 is 0 Å². The summed E-state index contributed by atoms with van der Waals surface area (Å²) in [6, 6.07) is 0.520. The van der Waals surface area contributed by atoms with Crippen LogP contribution in [-0.4, -0.2) is 37.5 Å². The highest BCUT2D eigenvalue weighted by Gasteiger charge is 2.34. The third kappa shape index (κ3) is 6.73. The summed E-state index contributed by atoms with van der Waals surface area (Å²) in [5.41, 5.74) is 0.0388. The van der Waals surface area contributed by atoms with Crippen LogP contribution in [0.25, 0.3) is 0 Å². The van der Waals surface area contributed by atoms with Crippen molar-refractivity contribution in [2.45, 2.75) is 78.0 Å². The van der Waals surface area contributed by atoms with Crippen LogP contribution in [0.3, 0.4) is 0 Å². The van der Waals surface area contributed by atoms with Gasteiger partial charge in [0.05, 0.1) is 24.9 Å². The molecule has 0 amide bonds. The van der Waals surface area contributed by atoms with Crippen molar-refractivity contribution in [1.29, 1.82) is 0 Å². The molecule has 0 atom stereocenters. The lowest BCUT2D eigenvalue weighted by Gasteiger charge is -2.40. The molecule has 0 unspecified atom stereocenters. The van der Waals surface area contributed by atoms with Crippen LogP contribution in [0.2, 0.25) is 0 Å². The van der Waals surface area contributed by atoms with Crippen LogP contribution in [0.4, 0.5) is 0 Å². The van der Waals surface area contributed by atoms with Gasteiger partial charge in [-0.25, -0.2) is 0 Å². The predicted octanol–water partition coefficient (Wildman–Crippen LogP) is 3.37. The van der Waals surface area contributed by atoms with Crippen LogP contribution in [0.1, 0.15) is 60.3 Å². The van der Waals surface area contributed by atoms with E-state index in [9.17, 15) is 0 Å². The quantitative estimate of drug-likeness (QED) is 0.687. The smallest absolute Gasteiger partial charge is 0.0807 e. The van der Waals surface area contributed by atoms with Crippen LogP contribution in [0.5, 0.6) is 0 Å². The van der Waals surface area contributed by atoms with Gasteiger partial charge < -0.3 is 14.8 Å². The molecule has 0 bridgehead atoms. The maximum Gasteiger partial charge on any atom is 0.0807 e. The summed E-state index contributed by atoms with van der Waals surface area (Å²) in [5.74, 6) is 0.850. The first-order chi connectivity index (χ1) is 8.93. The average molecular weight is 271 g/mol. The first-order valence-corrected chi connectivity index (χ1v) is 7.92. The standard InChI is InChI=1S/C16H33NO2/c1-13(2)17-12-16(8-6-15(5)7-9-16)19-11-10-18-14(3)4/h13-15,17H,6-12H2,1-5H3. The zero-order valence-electron chi connectivity index (χ0n) is 13.5. The van der Waals surface area contributed by atoms with Crippen molar-refractivity contribution in [3.8, 4) is 0 Å². The molecule has 0 radical (unpaired) electrons. The lowest BCUT2D eigenvalue weighted by Crippen LogP contribution is -2.48. The van der Waals surface area contributed by atoms with E-state index in [0.717, 1.165) is 12.5 Å². The molecule has 114 valence electrons. The van der Waals surface area contributed by atoms with E-state index in [0.29, 0.717) is 25.4 Å². The van der Waals surface area contributed by atoms with Crippen molar-refractivity contribution >= 4 is 0 Å². The molecule has 19 heavy (non-hydrogen) atoms. The van der Waals surface area contributed by atoms with Crippen molar-refractivity contribution in [3.05, 3.63) is 0 Å². The molecule has 3 heteroatoms. The zero-order valence-corrected chi connectivity index (χ0v) is 13.5. The first-order valence-electron chi connectivity index (χ1n) is 7.92. The maximum absolute atomic E-state index is 6.23. The lowest BCUT2D eigenvalue weighted by atomic mass is 9.79. The highest BCUT2D eigenvalue weighted by Crippen LogP contribution is 2.34. The molecule has 0 aromatic rings. The Kier molecular flexibility index (Phi) is 7.33. The Bertz CT molecular complexity index is 233. The number of rotatable bonds is 8.